The number of piperidine rings is 1. The Balaban J connectivity index is 1.52. The summed E-state index contributed by atoms with van der Waals surface area (Å²) in [7, 11) is 2.05. The molecule has 3 fully saturated rings. The lowest BCUT2D eigenvalue weighted by Gasteiger charge is -2.51. The normalized spacial score (nSPS) is 31.3. The maximum absolute atomic E-state index is 15.2. The molecule has 4 heterocycles. The molecule has 0 unspecified atom stereocenters. The number of thioether (sulfide) groups is 1. The Hall–Kier alpha value is -2.61. The summed E-state index contributed by atoms with van der Waals surface area (Å²) in [6, 6.07) is 23.3. The molecule has 0 radical (unpaired) electrons. The van der Waals surface area contributed by atoms with E-state index in [1.807, 2.05) is 97.7 Å². The molecule has 5 nitrogen and oxygen atoms in total. The average molecular weight is 577 g/mol. The molecule has 0 aromatic heterocycles. The highest BCUT2D eigenvalue weighted by Gasteiger charge is 2.78. The van der Waals surface area contributed by atoms with Gasteiger partial charge in [-0.3, -0.25) is 14.5 Å². The number of nitrogens with one attached hydrogen (secondary N) is 1. The third kappa shape index (κ3) is 3.49. The van der Waals surface area contributed by atoms with Crippen LogP contribution in [0.4, 0.5) is 5.69 Å². The van der Waals surface area contributed by atoms with E-state index in [-0.39, 0.29) is 23.7 Å². The highest BCUT2D eigenvalue weighted by atomic mass is 35.5. The fourth-order valence-electron chi connectivity index (χ4n) is 7.63. The zero-order valence-electron chi connectivity index (χ0n) is 21.4. The van der Waals surface area contributed by atoms with Gasteiger partial charge in [0, 0.05) is 63.5 Å². The number of likely N-dealkylation sites (N-methyl/N-ethyl adjacent to an activating group) is 1. The summed E-state index contributed by atoms with van der Waals surface area (Å²) in [6.45, 7) is 0.978. The van der Waals surface area contributed by atoms with Gasteiger partial charge in [-0.15, -0.1) is 11.8 Å². The maximum atomic E-state index is 15.2. The van der Waals surface area contributed by atoms with Crippen molar-refractivity contribution >= 4 is 58.4 Å². The third-order valence-electron chi connectivity index (χ3n) is 8.90. The van der Waals surface area contributed by atoms with Gasteiger partial charge in [0.25, 0.3) is 5.91 Å². The number of halogens is 2. The second kappa shape index (κ2) is 9.22. The molecular weight excluding hydrogens is 549 g/mol. The molecule has 2 spiro atoms. The van der Waals surface area contributed by atoms with Crippen LogP contribution in [-0.4, -0.2) is 59.3 Å². The molecule has 4 aliphatic rings. The lowest BCUT2D eigenvalue weighted by molar-refractivity contribution is -0.146. The predicted molar refractivity (Wildman–Crippen MR) is 158 cm³/mol. The number of para-hydroxylation sites is 1. The van der Waals surface area contributed by atoms with Crippen molar-refractivity contribution in [3.8, 4) is 0 Å². The fourth-order valence-corrected chi connectivity index (χ4v) is 9.18. The first-order valence-electron chi connectivity index (χ1n) is 13.1. The number of hydrogen-bond donors (Lipinski definition) is 1. The van der Waals surface area contributed by atoms with Crippen LogP contribution < -0.4 is 5.32 Å². The number of amides is 1. The Bertz CT molecular complexity index is 1530. The van der Waals surface area contributed by atoms with Gasteiger partial charge in [0.2, 0.25) is 0 Å². The van der Waals surface area contributed by atoms with E-state index in [1.54, 1.807) is 0 Å². The van der Waals surface area contributed by atoms with Gasteiger partial charge in [-0.05, 0) is 54.6 Å². The smallest absolute Gasteiger partial charge is 0.250 e. The van der Waals surface area contributed by atoms with Crippen LogP contribution >= 0.6 is 35.0 Å². The first-order chi connectivity index (χ1) is 18.9. The molecule has 0 aliphatic carbocycles. The molecule has 3 aromatic rings. The molecule has 3 saturated heterocycles. The minimum atomic E-state index is -1.13. The Labute approximate surface area is 242 Å². The monoisotopic (exact) mass is 575 g/mol. The first kappa shape index (κ1) is 25.4. The van der Waals surface area contributed by atoms with E-state index in [4.69, 9.17) is 23.2 Å². The van der Waals surface area contributed by atoms with Crippen molar-refractivity contribution in [2.45, 2.75) is 17.5 Å². The molecule has 4 atom stereocenters. The quantitative estimate of drug-likeness (QED) is 0.386. The summed E-state index contributed by atoms with van der Waals surface area (Å²) in [4.78, 5) is 34.2. The molecule has 3 aromatic carbocycles. The zero-order valence-corrected chi connectivity index (χ0v) is 23.7. The van der Waals surface area contributed by atoms with Gasteiger partial charge in [-0.1, -0.05) is 65.7 Å². The highest BCUT2D eigenvalue weighted by molar-refractivity contribution is 7.99. The Morgan fingerprint density at radius 1 is 0.974 bits per heavy atom. The van der Waals surface area contributed by atoms with E-state index in [0.717, 1.165) is 28.1 Å². The van der Waals surface area contributed by atoms with Crippen molar-refractivity contribution in [3.05, 3.63) is 105 Å². The molecule has 0 bridgehead atoms. The number of carbonyl (C=O) groups excluding carboxylic acids is 2. The van der Waals surface area contributed by atoms with Gasteiger partial charge in [0.15, 0.2) is 5.78 Å². The van der Waals surface area contributed by atoms with Crippen LogP contribution in [0.25, 0.3) is 6.08 Å². The van der Waals surface area contributed by atoms with E-state index in [1.165, 1.54) is 0 Å². The van der Waals surface area contributed by atoms with Gasteiger partial charge in [0.05, 0.1) is 5.41 Å². The Kier molecular flexibility index (Phi) is 5.99. The van der Waals surface area contributed by atoms with Crippen LogP contribution in [0.3, 0.4) is 0 Å². The minimum Gasteiger partial charge on any atom is -0.324 e. The van der Waals surface area contributed by atoms with Crippen molar-refractivity contribution in [1.82, 2.24) is 9.80 Å². The summed E-state index contributed by atoms with van der Waals surface area (Å²) in [5.41, 5.74) is 2.17. The summed E-state index contributed by atoms with van der Waals surface area (Å²) in [5.74, 6) is 1.26. The molecular formula is C31H27Cl2N3O2S. The standard InChI is InChI=1S/C31H27Cl2N3O2S/c1-35-15-21(14-19-6-10-22(32)11-7-19)28(37)30(17-35)27(20-8-12-23(33)13-9-20)26-16-39-18-36(26)31(30)24-4-2-3-5-25(24)34-29(31)38/h2-14,26-27H,15-18H2,1H3,(H,34,38)/b21-14+/t26-,27+,30-,31-/m0/s1. The summed E-state index contributed by atoms with van der Waals surface area (Å²) in [5, 5.41) is 4.49. The zero-order chi connectivity index (χ0) is 26.9. The lowest BCUT2D eigenvalue weighted by atomic mass is 9.55. The Morgan fingerprint density at radius 3 is 2.41 bits per heavy atom. The number of benzene rings is 3. The van der Waals surface area contributed by atoms with Crippen LogP contribution in [-0.2, 0) is 15.1 Å². The first-order valence-corrected chi connectivity index (χ1v) is 15.0. The van der Waals surface area contributed by atoms with Gasteiger partial charge >= 0.3 is 0 Å². The van der Waals surface area contributed by atoms with Crippen LogP contribution in [0.15, 0.2) is 78.4 Å². The third-order valence-corrected chi connectivity index (χ3v) is 10.4. The number of anilines is 1. The molecule has 1 N–H and O–H groups in total. The molecule has 39 heavy (non-hydrogen) atoms. The number of nitrogens with zero attached hydrogens (tertiary/aromatic N) is 2. The van der Waals surface area contributed by atoms with Gasteiger partial charge in [-0.25, -0.2) is 0 Å². The molecule has 4 aliphatic heterocycles. The van der Waals surface area contributed by atoms with Crippen LogP contribution in [0, 0.1) is 5.41 Å². The molecule has 8 heteroatoms. The SMILES string of the molecule is CN1C/C(=C\c2ccc(Cl)cc2)C(=O)[C@]2(C1)[C@H](c1ccc(Cl)cc1)[C@@H]1CSCN1[C@@]21C(=O)Nc2ccccc21. The molecule has 0 saturated carbocycles. The number of rotatable bonds is 2. The minimum absolute atomic E-state index is 0.0142. The van der Waals surface area contributed by atoms with Gasteiger partial charge < -0.3 is 10.2 Å². The summed E-state index contributed by atoms with van der Waals surface area (Å²) in [6.07, 6.45) is 1.97. The molecule has 7 rings (SSSR count). The number of likely N-dealkylation sites (tertiary alicyclic amines) is 1. The summed E-state index contributed by atoms with van der Waals surface area (Å²) < 4.78 is 0. The number of carbonyl (C=O) groups is 2. The van der Waals surface area contributed by atoms with E-state index >= 15 is 4.79 Å². The number of ketones is 1. The van der Waals surface area contributed by atoms with Gasteiger partial charge in [-0.2, -0.15) is 0 Å². The lowest BCUT2D eigenvalue weighted by Crippen LogP contribution is -2.65. The predicted octanol–water partition coefficient (Wildman–Crippen LogP) is 5.90. The highest BCUT2D eigenvalue weighted by Crippen LogP contribution is 2.68. The molecule has 1 amide bonds. The molecule has 198 valence electrons. The van der Waals surface area contributed by atoms with Crippen molar-refractivity contribution in [3.63, 3.8) is 0 Å². The van der Waals surface area contributed by atoms with Crippen LogP contribution in [0.2, 0.25) is 10.0 Å². The van der Waals surface area contributed by atoms with Crippen LogP contribution in [0.1, 0.15) is 22.6 Å². The average Bonchev–Trinajstić information content (AvgIpc) is 3.57. The van der Waals surface area contributed by atoms with Crippen molar-refractivity contribution in [2.75, 3.05) is 37.1 Å². The number of hydrogen-bond acceptors (Lipinski definition) is 5. The van der Waals surface area contributed by atoms with Crippen LogP contribution in [0.5, 0.6) is 0 Å². The second-order valence-electron chi connectivity index (χ2n) is 11.0. The van der Waals surface area contributed by atoms with Crippen molar-refractivity contribution < 1.29 is 9.59 Å². The maximum Gasteiger partial charge on any atom is 0.250 e. The largest absolute Gasteiger partial charge is 0.324 e. The van der Waals surface area contributed by atoms with Crippen molar-refractivity contribution in [1.29, 1.82) is 0 Å². The van der Waals surface area contributed by atoms with E-state index in [2.05, 4.69) is 15.1 Å². The number of fused-ring (bicyclic) bond motifs is 5. The van der Waals surface area contributed by atoms with E-state index < -0.39 is 11.0 Å². The van der Waals surface area contributed by atoms with Gasteiger partial charge in [0.1, 0.15) is 5.54 Å². The summed E-state index contributed by atoms with van der Waals surface area (Å²) >= 11 is 14.3. The number of Topliss-reactive ketones (excluding diaryl/α,β-unsaturated/α-hetero) is 1. The van der Waals surface area contributed by atoms with E-state index in [9.17, 15) is 4.79 Å². The Morgan fingerprint density at radius 2 is 1.67 bits per heavy atom. The van der Waals surface area contributed by atoms with E-state index in [0.29, 0.717) is 34.6 Å². The topological polar surface area (TPSA) is 52.7 Å². The fraction of sp³-hybridized carbons (Fsp3) is 0.290. The second-order valence-corrected chi connectivity index (χ2v) is 12.8. The van der Waals surface area contributed by atoms with Crippen molar-refractivity contribution in [2.24, 2.45) is 5.41 Å².